The lowest BCUT2D eigenvalue weighted by Gasteiger charge is -2.22. The van der Waals surface area contributed by atoms with Crippen LogP contribution in [0.15, 0.2) is 24.3 Å². The molecule has 2 rings (SSSR count). The Hall–Kier alpha value is -0.180. The van der Waals surface area contributed by atoms with Crippen LogP contribution >= 0.6 is 23.4 Å². The molecule has 1 N–H and O–H groups in total. The lowest BCUT2D eigenvalue weighted by molar-refractivity contribution is 0.204. The number of aliphatic hydroxyl groups excluding tert-OH is 1. The first kappa shape index (κ1) is 13.3. The van der Waals surface area contributed by atoms with Gasteiger partial charge in [0.05, 0.1) is 6.10 Å². The van der Waals surface area contributed by atoms with Crippen LogP contribution in [0, 0.1) is 0 Å². The molecular weight excluding hydrogens is 252 g/mol. The van der Waals surface area contributed by atoms with E-state index >= 15 is 0 Å². The second-order valence-electron chi connectivity index (χ2n) is 4.63. The SMILES string of the molecule is OC(CSC1CCCCC1)c1ccccc1Cl. The van der Waals surface area contributed by atoms with Crippen molar-refractivity contribution in [2.75, 3.05) is 5.75 Å². The molecule has 94 valence electrons. The molecule has 0 heterocycles. The molecule has 0 amide bonds. The smallest absolute Gasteiger partial charge is 0.0894 e. The first-order chi connectivity index (χ1) is 8.27. The number of thioether (sulfide) groups is 1. The van der Waals surface area contributed by atoms with E-state index in [0.717, 1.165) is 16.6 Å². The minimum atomic E-state index is -0.435. The molecule has 1 aromatic carbocycles. The quantitative estimate of drug-likeness (QED) is 0.873. The maximum Gasteiger partial charge on any atom is 0.0894 e. The van der Waals surface area contributed by atoms with Crippen LogP contribution in [0.4, 0.5) is 0 Å². The zero-order valence-corrected chi connectivity index (χ0v) is 11.5. The Labute approximate surface area is 113 Å². The van der Waals surface area contributed by atoms with Crippen LogP contribution in [-0.4, -0.2) is 16.1 Å². The molecule has 1 aromatic rings. The summed E-state index contributed by atoms with van der Waals surface area (Å²) in [6, 6.07) is 7.57. The Kier molecular flexibility index (Phi) is 5.20. The number of benzene rings is 1. The van der Waals surface area contributed by atoms with Crippen molar-refractivity contribution >= 4 is 23.4 Å². The van der Waals surface area contributed by atoms with Gasteiger partial charge in [-0.2, -0.15) is 11.8 Å². The average Bonchev–Trinajstić information content (AvgIpc) is 2.38. The van der Waals surface area contributed by atoms with Crippen molar-refractivity contribution in [1.82, 2.24) is 0 Å². The minimum absolute atomic E-state index is 0.435. The predicted octanol–water partition coefficient (Wildman–Crippen LogP) is 4.44. The number of halogens is 1. The minimum Gasteiger partial charge on any atom is -0.387 e. The van der Waals surface area contributed by atoms with Crippen LogP contribution in [0.2, 0.25) is 5.02 Å². The summed E-state index contributed by atoms with van der Waals surface area (Å²) >= 11 is 7.97. The normalized spacial score (nSPS) is 19.2. The van der Waals surface area contributed by atoms with Crippen LogP contribution in [0.1, 0.15) is 43.8 Å². The van der Waals surface area contributed by atoms with Crippen molar-refractivity contribution in [1.29, 1.82) is 0 Å². The van der Waals surface area contributed by atoms with E-state index in [0.29, 0.717) is 5.02 Å². The van der Waals surface area contributed by atoms with Gasteiger partial charge in [0.15, 0.2) is 0 Å². The van der Waals surface area contributed by atoms with Gasteiger partial charge < -0.3 is 5.11 Å². The Balaban J connectivity index is 1.84. The molecule has 1 aliphatic rings. The first-order valence-electron chi connectivity index (χ1n) is 6.31. The van der Waals surface area contributed by atoms with Crippen molar-refractivity contribution in [3.8, 4) is 0 Å². The molecule has 0 aliphatic heterocycles. The molecule has 0 saturated heterocycles. The van der Waals surface area contributed by atoms with Crippen LogP contribution < -0.4 is 0 Å². The molecule has 0 aromatic heterocycles. The third kappa shape index (κ3) is 3.90. The summed E-state index contributed by atoms with van der Waals surface area (Å²) in [6.07, 6.45) is 6.25. The van der Waals surface area contributed by atoms with Gasteiger partial charge in [-0.15, -0.1) is 0 Å². The molecule has 1 atom stereocenters. The Morgan fingerprint density at radius 2 is 1.94 bits per heavy atom. The summed E-state index contributed by atoms with van der Waals surface area (Å²) in [4.78, 5) is 0. The fraction of sp³-hybridized carbons (Fsp3) is 0.571. The van der Waals surface area contributed by atoms with Crippen molar-refractivity contribution in [2.45, 2.75) is 43.5 Å². The van der Waals surface area contributed by atoms with Crippen LogP contribution in [-0.2, 0) is 0 Å². The van der Waals surface area contributed by atoms with Gasteiger partial charge in [0.2, 0.25) is 0 Å². The average molecular weight is 271 g/mol. The van der Waals surface area contributed by atoms with Gasteiger partial charge in [-0.05, 0) is 24.5 Å². The molecule has 1 saturated carbocycles. The molecular formula is C14H19ClOS. The van der Waals surface area contributed by atoms with E-state index in [2.05, 4.69) is 0 Å². The second-order valence-corrected chi connectivity index (χ2v) is 6.37. The summed E-state index contributed by atoms with van der Waals surface area (Å²) < 4.78 is 0. The van der Waals surface area contributed by atoms with Crippen LogP contribution in [0.3, 0.4) is 0 Å². The topological polar surface area (TPSA) is 20.2 Å². The van der Waals surface area contributed by atoms with E-state index in [1.807, 2.05) is 36.0 Å². The summed E-state index contributed by atoms with van der Waals surface area (Å²) in [5, 5.41) is 11.5. The highest BCUT2D eigenvalue weighted by atomic mass is 35.5. The molecule has 3 heteroatoms. The first-order valence-corrected chi connectivity index (χ1v) is 7.74. The summed E-state index contributed by atoms with van der Waals surface area (Å²) in [7, 11) is 0. The van der Waals surface area contributed by atoms with Crippen molar-refractivity contribution in [3.63, 3.8) is 0 Å². The van der Waals surface area contributed by atoms with E-state index in [9.17, 15) is 5.11 Å². The number of hydrogen-bond acceptors (Lipinski definition) is 2. The van der Waals surface area contributed by atoms with Crippen LogP contribution in [0.5, 0.6) is 0 Å². The molecule has 1 nitrogen and oxygen atoms in total. The highest BCUT2D eigenvalue weighted by Crippen LogP contribution is 2.32. The van der Waals surface area contributed by atoms with Gasteiger partial charge in [-0.3, -0.25) is 0 Å². The second kappa shape index (κ2) is 6.67. The predicted molar refractivity (Wildman–Crippen MR) is 75.7 cm³/mol. The van der Waals surface area contributed by atoms with Crippen molar-refractivity contribution in [3.05, 3.63) is 34.9 Å². The largest absolute Gasteiger partial charge is 0.387 e. The zero-order valence-electron chi connectivity index (χ0n) is 9.94. The molecule has 1 fully saturated rings. The maximum absolute atomic E-state index is 10.1. The van der Waals surface area contributed by atoms with Crippen molar-refractivity contribution < 1.29 is 5.11 Å². The van der Waals surface area contributed by atoms with E-state index in [1.54, 1.807) is 0 Å². The van der Waals surface area contributed by atoms with Gasteiger partial charge in [0, 0.05) is 16.0 Å². The van der Waals surface area contributed by atoms with E-state index in [1.165, 1.54) is 32.1 Å². The lowest BCUT2D eigenvalue weighted by atomic mass is 10.0. The molecule has 1 aliphatic carbocycles. The molecule has 1 unspecified atom stereocenters. The third-order valence-electron chi connectivity index (χ3n) is 3.31. The Morgan fingerprint density at radius 1 is 1.24 bits per heavy atom. The van der Waals surface area contributed by atoms with Gasteiger partial charge in [0.1, 0.15) is 0 Å². The number of aliphatic hydroxyl groups is 1. The maximum atomic E-state index is 10.1. The van der Waals surface area contributed by atoms with Gasteiger partial charge >= 0.3 is 0 Å². The summed E-state index contributed by atoms with van der Waals surface area (Å²) in [6.45, 7) is 0. The highest BCUT2D eigenvalue weighted by Gasteiger charge is 2.17. The molecule has 0 bridgehead atoms. The summed E-state index contributed by atoms with van der Waals surface area (Å²) in [5.74, 6) is 0.758. The fourth-order valence-corrected chi connectivity index (χ4v) is 3.86. The molecule has 17 heavy (non-hydrogen) atoms. The van der Waals surface area contributed by atoms with Crippen LogP contribution in [0.25, 0.3) is 0 Å². The third-order valence-corrected chi connectivity index (χ3v) is 5.10. The summed E-state index contributed by atoms with van der Waals surface area (Å²) in [5.41, 5.74) is 0.859. The number of hydrogen-bond donors (Lipinski definition) is 1. The lowest BCUT2D eigenvalue weighted by Crippen LogP contribution is -2.11. The number of rotatable bonds is 4. The van der Waals surface area contributed by atoms with E-state index in [4.69, 9.17) is 11.6 Å². The van der Waals surface area contributed by atoms with Gasteiger partial charge in [-0.25, -0.2) is 0 Å². The Bertz CT molecular complexity index is 350. The molecule has 0 spiro atoms. The van der Waals surface area contributed by atoms with Gasteiger partial charge in [-0.1, -0.05) is 49.1 Å². The van der Waals surface area contributed by atoms with Crippen molar-refractivity contribution in [2.24, 2.45) is 0 Å². The fourth-order valence-electron chi connectivity index (χ4n) is 2.29. The molecule has 0 radical (unpaired) electrons. The monoisotopic (exact) mass is 270 g/mol. The Morgan fingerprint density at radius 3 is 2.65 bits per heavy atom. The standard InChI is InChI=1S/C14H19ClOS/c15-13-9-5-4-8-12(13)14(16)10-17-11-6-2-1-3-7-11/h4-5,8-9,11,14,16H,1-3,6-7,10H2. The van der Waals surface area contributed by atoms with Gasteiger partial charge in [0.25, 0.3) is 0 Å². The van der Waals surface area contributed by atoms with E-state index in [-0.39, 0.29) is 0 Å². The highest BCUT2D eigenvalue weighted by molar-refractivity contribution is 7.99. The van der Waals surface area contributed by atoms with E-state index < -0.39 is 6.10 Å². The zero-order chi connectivity index (χ0) is 12.1.